The van der Waals surface area contributed by atoms with Crippen molar-refractivity contribution < 1.29 is 9.84 Å². The fraction of sp³-hybridized carbons (Fsp3) is 0.615. The molecule has 0 aromatic carbocycles. The van der Waals surface area contributed by atoms with Crippen molar-refractivity contribution in [1.29, 1.82) is 0 Å². The van der Waals surface area contributed by atoms with E-state index in [4.69, 9.17) is 9.84 Å². The highest BCUT2D eigenvalue weighted by Gasteiger charge is 2.24. The second-order valence-electron chi connectivity index (χ2n) is 4.45. The third-order valence-electron chi connectivity index (χ3n) is 3.33. The van der Waals surface area contributed by atoms with Crippen molar-refractivity contribution in [2.75, 3.05) is 20.3 Å². The van der Waals surface area contributed by atoms with E-state index >= 15 is 0 Å². The minimum Gasteiger partial charge on any atom is -0.481 e. The highest BCUT2D eigenvalue weighted by molar-refractivity contribution is 5.15. The first-order chi connectivity index (χ1) is 8.33. The Morgan fingerprint density at radius 2 is 2.29 bits per heavy atom. The van der Waals surface area contributed by atoms with Crippen LogP contribution in [0.1, 0.15) is 25.0 Å². The Morgan fingerprint density at radius 1 is 1.47 bits per heavy atom. The first kappa shape index (κ1) is 12.3. The number of pyridine rings is 1. The number of nitrogens with zero attached hydrogens (tertiary/aromatic N) is 2. The number of aliphatic hydroxyl groups is 1. The fourth-order valence-electron chi connectivity index (χ4n) is 2.14. The van der Waals surface area contributed by atoms with Gasteiger partial charge in [-0.2, -0.15) is 0 Å². The van der Waals surface area contributed by atoms with Crippen LogP contribution in [0.5, 0.6) is 5.88 Å². The normalized spacial score (nSPS) is 15.9. The van der Waals surface area contributed by atoms with Crippen LogP contribution in [-0.2, 0) is 6.54 Å². The SMILES string of the molecule is COc1cccc(CN(CCO)C2CCC2)n1. The lowest BCUT2D eigenvalue weighted by Crippen LogP contribution is -2.41. The van der Waals surface area contributed by atoms with Gasteiger partial charge in [0.05, 0.1) is 19.4 Å². The molecule has 0 saturated heterocycles. The molecule has 0 radical (unpaired) electrons. The maximum absolute atomic E-state index is 9.10. The van der Waals surface area contributed by atoms with Gasteiger partial charge in [-0.05, 0) is 18.9 Å². The monoisotopic (exact) mass is 236 g/mol. The molecular weight excluding hydrogens is 216 g/mol. The van der Waals surface area contributed by atoms with E-state index in [0.717, 1.165) is 18.8 Å². The summed E-state index contributed by atoms with van der Waals surface area (Å²) < 4.78 is 5.12. The second kappa shape index (κ2) is 5.98. The van der Waals surface area contributed by atoms with Gasteiger partial charge in [-0.25, -0.2) is 4.98 Å². The summed E-state index contributed by atoms with van der Waals surface area (Å²) in [5, 5.41) is 9.10. The van der Waals surface area contributed by atoms with Crippen LogP contribution in [0.3, 0.4) is 0 Å². The van der Waals surface area contributed by atoms with E-state index in [-0.39, 0.29) is 6.61 Å². The smallest absolute Gasteiger partial charge is 0.213 e. The molecule has 94 valence electrons. The van der Waals surface area contributed by atoms with Crippen molar-refractivity contribution in [2.24, 2.45) is 0 Å². The number of aromatic nitrogens is 1. The molecule has 1 aliphatic rings. The minimum absolute atomic E-state index is 0.209. The Bertz CT molecular complexity index is 353. The van der Waals surface area contributed by atoms with Crippen LogP contribution in [0.15, 0.2) is 18.2 Å². The number of hydrogen-bond donors (Lipinski definition) is 1. The van der Waals surface area contributed by atoms with Crippen LogP contribution in [0.25, 0.3) is 0 Å². The number of ether oxygens (including phenoxy) is 1. The van der Waals surface area contributed by atoms with Gasteiger partial charge in [0.25, 0.3) is 0 Å². The quantitative estimate of drug-likeness (QED) is 0.811. The summed E-state index contributed by atoms with van der Waals surface area (Å²) in [6.45, 7) is 1.73. The van der Waals surface area contributed by atoms with Crippen LogP contribution in [0.4, 0.5) is 0 Å². The third kappa shape index (κ3) is 3.17. The van der Waals surface area contributed by atoms with Gasteiger partial charge in [0, 0.05) is 25.2 Å². The molecule has 17 heavy (non-hydrogen) atoms. The Kier molecular flexibility index (Phi) is 4.34. The maximum atomic E-state index is 9.10. The van der Waals surface area contributed by atoms with Gasteiger partial charge >= 0.3 is 0 Å². The number of hydrogen-bond acceptors (Lipinski definition) is 4. The molecule has 4 heteroatoms. The lowest BCUT2D eigenvalue weighted by atomic mass is 9.91. The number of aliphatic hydroxyl groups excluding tert-OH is 1. The van der Waals surface area contributed by atoms with Gasteiger partial charge < -0.3 is 9.84 Å². The molecular formula is C13H20N2O2. The molecule has 0 atom stereocenters. The fourth-order valence-corrected chi connectivity index (χ4v) is 2.14. The Balaban J connectivity index is 2.00. The minimum atomic E-state index is 0.209. The Labute approximate surface area is 102 Å². The molecule has 0 unspecified atom stereocenters. The third-order valence-corrected chi connectivity index (χ3v) is 3.33. The van der Waals surface area contributed by atoms with E-state index in [9.17, 15) is 0 Å². The van der Waals surface area contributed by atoms with Crippen molar-refractivity contribution in [2.45, 2.75) is 31.8 Å². The molecule has 1 aliphatic carbocycles. The summed E-state index contributed by atoms with van der Waals surface area (Å²) in [5.41, 5.74) is 1.00. The second-order valence-corrected chi connectivity index (χ2v) is 4.45. The molecule has 0 spiro atoms. The average Bonchev–Trinajstić information content (AvgIpc) is 2.27. The first-order valence-electron chi connectivity index (χ1n) is 6.18. The largest absolute Gasteiger partial charge is 0.481 e. The molecule has 2 rings (SSSR count). The summed E-state index contributed by atoms with van der Waals surface area (Å²) in [6.07, 6.45) is 3.78. The summed E-state index contributed by atoms with van der Waals surface area (Å²) in [5.74, 6) is 0.653. The number of methoxy groups -OCH3 is 1. The summed E-state index contributed by atoms with van der Waals surface area (Å²) in [7, 11) is 1.63. The Hall–Kier alpha value is -1.13. The van der Waals surface area contributed by atoms with Crippen molar-refractivity contribution in [3.63, 3.8) is 0 Å². The van der Waals surface area contributed by atoms with Gasteiger partial charge in [-0.1, -0.05) is 12.5 Å². The van der Waals surface area contributed by atoms with Gasteiger partial charge in [-0.3, -0.25) is 4.90 Å². The predicted molar refractivity (Wildman–Crippen MR) is 65.9 cm³/mol. The molecule has 1 fully saturated rings. The Morgan fingerprint density at radius 3 is 2.88 bits per heavy atom. The van der Waals surface area contributed by atoms with E-state index in [1.807, 2.05) is 18.2 Å². The molecule has 0 aliphatic heterocycles. The van der Waals surface area contributed by atoms with E-state index in [1.165, 1.54) is 19.3 Å². The first-order valence-corrected chi connectivity index (χ1v) is 6.18. The highest BCUT2D eigenvalue weighted by Crippen LogP contribution is 2.25. The molecule has 1 N–H and O–H groups in total. The number of rotatable bonds is 6. The van der Waals surface area contributed by atoms with Crippen LogP contribution < -0.4 is 4.74 Å². The van der Waals surface area contributed by atoms with E-state index in [1.54, 1.807) is 7.11 Å². The van der Waals surface area contributed by atoms with Crippen LogP contribution in [0, 0.1) is 0 Å². The summed E-state index contributed by atoms with van der Waals surface area (Å²) in [4.78, 5) is 6.72. The van der Waals surface area contributed by atoms with E-state index in [2.05, 4.69) is 9.88 Å². The lowest BCUT2D eigenvalue weighted by molar-refractivity contribution is 0.0932. The summed E-state index contributed by atoms with van der Waals surface area (Å²) in [6, 6.07) is 6.43. The van der Waals surface area contributed by atoms with Gasteiger partial charge in [0.15, 0.2) is 0 Å². The van der Waals surface area contributed by atoms with Crippen molar-refractivity contribution in [1.82, 2.24) is 9.88 Å². The predicted octanol–water partition coefficient (Wildman–Crippen LogP) is 1.44. The summed E-state index contributed by atoms with van der Waals surface area (Å²) >= 11 is 0. The molecule has 1 aromatic heterocycles. The van der Waals surface area contributed by atoms with Crippen molar-refractivity contribution in [3.8, 4) is 5.88 Å². The van der Waals surface area contributed by atoms with Crippen LogP contribution in [0.2, 0.25) is 0 Å². The average molecular weight is 236 g/mol. The molecule has 0 bridgehead atoms. The van der Waals surface area contributed by atoms with E-state index < -0.39 is 0 Å². The topological polar surface area (TPSA) is 45.6 Å². The maximum Gasteiger partial charge on any atom is 0.213 e. The standard InChI is InChI=1S/C13H20N2O2/c1-17-13-7-2-4-11(14-13)10-15(8-9-16)12-5-3-6-12/h2,4,7,12,16H,3,5-6,8-10H2,1H3. The molecule has 1 saturated carbocycles. The van der Waals surface area contributed by atoms with Gasteiger partial charge in [-0.15, -0.1) is 0 Å². The van der Waals surface area contributed by atoms with Gasteiger partial charge in [0.2, 0.25) is 5.88 Å². The zero-order valence-electron chi connectivity index (χ0n) is 10.3. The highest BCUT2D eigenvalue weighted by atomic mass is 16.5. The van der Waals surface area contributed by atoms with Crippen LogP contribution in [-0.4, -0.2) is 41.3 Å². The van der Waals surface area contributed by atoms with Crippen molar-refractivity contribution >= 4 is 0 Å². The van der Waals surface area contributed by atoms with Crippen molar-refractivity contribution in [3.05, 3.63) is 23.9 Å². The zero-order chi connectivity index (χ0) is 12.1. The lowest BCUT2D eigenvalue weighted by Gasteiger charge is -2.37. The van der Waals surface area contributed by atoms with Gasteiger partial charge in [0.1, 0.15) is 0 Å². The molecule has 0 amide bonds. The molecule has 1 aromatic rings. The molecule has 1 heterocycles. The van der Waals surface area contributed by atoms with Crippen LogP contribution >= 0.6 is 0 Å². The van der Waals surface area contributed by atoms with E-state index in [0.29, 0.717) is 11.9 Å². The zero-order valence-corrected chi connectivity index (χ0v) is 10.3. The molecule has 4 nitrogen and oxygen atoms in total.